The van der Waals surface area contributed by atoms with Crippen molar-refractivity contribution in [3.05, 3.63) is 29.8 Å². The topological polar surface area (TPSA) is 38.3 Å². The Morgan fingerprint density at radius 1 is 1.40 bits per heavy atom. The number of hydrogen-bond donors (Lipinski definition) is 1. The van der Waals surface area contributed by atoms with E-state index in [4.69, 9.17) is 4.74 Å². The zero-order valence-electron chi connectivity index (χ0n) is 9.20. The molecule has 0 amide bonds. The van der Waals surface area contributed by atoms with Gasteiger partial charge in [-0.2, -0.15) is 0 Å². The Morgan fingerprint density at radius 2 is 2.07 bits per heavy atom. The highest BCUT2D eigenvalue weighted by Crippen LogP contribution is 2.40. The van der Waals surface area contributed by atoms with Gasteiger partial charge in [-0.1, -0.05) is 32.0 Å². The summed E-state index contributed by atoms with van der Waals surface area (Å²) in [6.07, 6.45) is 0. The number of carbonyl (C=O) groups is 1. The molecule has 0 radical (unpaired) electrons. The fourth-order valence-electron chi connectivity index (χ4n) is 2.13. The highest BCUT2D eigenvalue weighted by molar-refractivity contribution is 5.85. The van der Waals surface area contributed by atoms with Gasteiger partial charge in [0.15, 0.2) is 0 Å². The lowest BCUT2D eigenvalue weighted by Gasteiger charge is -2.25. The third-order valence-corrected chi connectivity index (χ3v) is 3.08. The van der Waals surface area contributed by atoms with Crippen molar-refractivity contribution >= 4 is 11.7 Å². The lowest BCUT2D eigenvalue weighted by Crippen LogP contribution is -2.41. The van der Waals surface area contributed by atoms with Crippen LogP contribution in [0.25, 0.3) is 0 Å². The van der Waals surface area contributed by atoms with Crippen molar-refractivity contribution in [2.45, 2.75) is 25.3 Å². The maximum absolute atomic E-state index is 11.6. The van der Waals surface area contributed by atoms with Gasteiger partial charge in [0.1, 0.15) is 6.04 Å². The summed E-state index contributed by atoms with van der Waals surface area (Å²) >= 11 is 0. The summed E-state index contributed by atoms with van der Waals surface area (Å²) < 4.78 is 4.80. The summed E-state index contributed by atoms with van der Waals surface area (Å²) in [5.74, 6) is -0.212. The Hall–Kier alpha value is -1.51. The number of rotatable bonds is 1. The Labute approximate surface area is 89.4 Å². The first-order valence-corrected chi connectivity index (χ1v) is 5.01. The first-order chi connectivity index (χ1) is 7.07. The van der Waals surface area contributed by atoms with Gasteiger partial charge in [0.2, 0.25) is 0 Å². The predicted molar refractivity (Wildman–Crippen MR) is 58.9 cm³/mol. The predicted octanol–water partition coefficient (Wildman–Crippen LogP) is 1.93. The van der Waals surface area contributed by atoms with Gasteiger partial charge in [-0.15, -0.1) is 0 Å². The molecule has 0 aromatic heterocycles. The molecule has 0 unspecified atom stereocenters. The molecule has 1 aromatic carbocycles. The van der Waals surface area contributed by atoms with E-state index in [1.54, 1.807) is 0 Å². The van der Waals surface area contributed by atoms with E-state index < -0.39 is 0 Å². The quantitative estimate of drug-likeness (QED) is 0.712. The minimum Gasteiger partial charge on any atom is -0.467 e. The van der Waals surface area contributed by atoms with Crippen LogP contribution in [0.3, 0.4) is 0 Å². The van der Waals surface area contributed by atoms with E-state index in [1.165, 1.54) is 12.7 Å². The van der Waals surface area contributed by atoms with Crippen LogP contribution in [0.2, 0.25) is 0 Å². The second-order valence-corrected chi connectivity index (χ2v) is 4.37. The van der Waals surface area contributed by atoms with Gasteiger partial charge in [0, 0.05) is 11.1 Å². The van der Waals surface area contributed by atoms with Crippen LogP contribution < -0.4 is 5.32 Å². The lowest BCUT2D eigenvalue weighted by molar-refractivity contribution is -0.142. The summed E-state index contributed by atoms with van der Waals surface area (Å²) in [6, 6.07) is 7.69. The molecule has 0 saturated heterocycles. The molecule has 0 fully saturated rings. The number of para-hydroxylation sites is 1. The zero-order valence-corrected chi connectivity index (χ0v) is 9.20. The van der Waals surface area contributed by atoms with Crippen LogP contribution in [0.5, 0.6) is 0 Å². The molecule has 1 aromatic rings. The number of benzene rings is 1. The first kappa shape index (κ1) is 10.0. The molecule has 1 atom stereocenters. The molecule has 0 saturated carbocycles. The first-order valence-electron chi connectivity index (χ1n) is 5.01. The molecule has 0 aliphatic carbocycles. The van der Waals surface area contributed by atoms with Crippen LogP contribution in [0.1, 0.15) is 19.4 Å². The molecule has 3 heteroatoms. The standard InChI is InChI=1S/C12H15NO2/c1-12(2)8-6-4-5-7-9(8)13-10(12)11(14)15-3/h4-7,10,13H,1-3H3/t10-/m0/s1. The van der Waals surface area contributed by atoms with Gasteiger partial charge in [0.25, 0.3) is 0 Å². The SMILES string of the molecule is COC(=O)[C@@H]1Nc2ccccc2C1(C)C. The van der Waals surface area contributed by atoms with E-state index in [-0.39, 0.29) is 17.4 Å². The van der Waals surface area contributed by atoms with E-state index in [0.29, 0.717) is 0 Å². The molecule has 80 valence electrons. The highest BCUT2D eigenvalue weighted by Gasteiger charge is 2.43. The van der Waals surface area contributed by atoms with Crippen molar-refractivity contribution in [2.75, 3.05) is 12.4 Å². The monoisotopic (exact) mass is 205 g/mol. The zero-order chi connectivity index (χ0) is 11.1. The van der Waals surface area contributed by atoms with Gasteiger partial charge in [-0.05, 0) is 11.6 Å². The largest absolute Gasteiger partial charge is 0.467 e. The van der Waals surface area contributed by atoms with Crippen molar-refractivity contribution in [3.63, 3.8) is 0 Å². The molecular weight excluding hydrogens is 190 g/mol. The van der Waals surface area contributed by atoms with Gasteiger partial charge < -0.3 is 10.1 Å². The van der Waals surface area contributed by atoms with Gasteiger partial charge >= 0.3 is 5.97 Å². The Kier molecular flexibility index (Phi) is 2.18. The van der Waals surface area contributed by atoms with E-state index >= 15 is 0 Å². The van der Waals surface area contributed by atoms with Crippen LogP contribution in [0.15, 0.2) is 24.3 Å². The van der Waals surface area contributed by atoms with Gasteiger partial charge in [-0.3, -0.25) is 0 Å². The van der Waals surface area contributed by atoms with E-state index in [1.807, 2.05) is 38.1 Å². The van der Waals surface area contributed by atoms with Gasteiger partial charge in [-0.25, -0.2) is 4.79 Å². The third-order valence-electron chi connectivity index (χ3n) is 3.08. The maximum Gasteiger partial charge on any atom is 0.329 e. The van der Waals surface area contributed by atoms with Crippen LogP contribution in [0.4, 0.5) is 5.69 Å². The summed E-state index contributed by atoms with van der Waals surface area (Å²) in [5.41, 5.74) is 1.97. The molecule has 0 spiro atoms. The molecule has 2 rings (SSSR count). The van der Waals surface area contributed by atoms with Crippen LogP contribution >= 0.6 is 0 Å². The van der Waals surface area contributed by atoms with Crippen molar-refractivity contribution in [2.24, 2.45) is 0 Å². The lowest BCUT2D eigenvalue weighted by atomic mass is 9.81. The van der Waals surface area contributed by atoms with Crippen molar-refractivity contribution in [1.82, 2.24) is 0 Å². The highest BCUT2D eigenvalue weighted by atomic mass is 16.5. The minimum atomic E-state index is -0.292. The van der Waals surface area contributed by atoms with Crippen molar-refractivity contribution in [3.8, 4) is 0 Å². The van der Waals surface area contributed by atoms with E-state index in [2.05, 4.69) is 5.32 Å². The summed E-state index contributed by atoms with van der Waals surface area (Å²) in [4.78, 5) is 11.6. The molecule has 15 heavy (non-hydrogen) atoms. The van der Waals surface area contributed by atoms with Crippen LogP contribution in [-0.4, -0.2) is 19.1 Å². The van der Waals surface area contributed by atoms with E-state index in [0.717, 1.165) is 5.69 Å². The number of fused-ring (bicyclic) bond motifs is 1. The average molecular weight is 205 g/mol. The summed E-state index contributed by atoms with van der Waals surface area (Å²) in [6.45, 7) is 4.10. The smallest absolute Gasteiger partial charge is 0.329 e. The Balaban J connectivity index is 2.42. The molecule has 1 aliphatic heterocycles. The second-order valence-electron chi connectivity index (χ2n) is 4.37. The third kappa shape index (κ3) is 1.39. The molecule has 1 heterocycles. The molecule has 0 bridgehead atoms. The molecule has 1 N–H and O–H groups in total. The number of anilines is 1. The molecule has 3 nitrogen and oxygen atoms in total. The summed E-state index contributed by atoms with van der Waals surface area (Å²) in [7, 11) is 1.42. The number of ether oxygens (including phenoxy) is 1. The fraction of sp³-hybridized carbons (Fsp3) is 0.417. The van der Waals surface area contributed by atoms with Crippen LogP contribution in [-0.2, 0) is 14.9 Å². The Bertz CT molecular complexity index is 398. The van der Waals surface area contributed by atoms with Crippen molar-refractivity contribution < 1.29 is 9.53 Å². The molecular formula is C12H15NO2. The van der Waals surface area contributed by atoms with Crippen molar-refractivity contribution in [1.29, 1.82) is 0 Å². The minimum absolute atomic E-state index is 0.212. The number of carbonyl (C=O) groups excluding carboxylic acids is 1. The number of esters is 1. The summed E-state index contributed by atoms with van der Waals surface area (Å²) in [5, 5.41) is 3.20. The maximum atomic E-state index is 11.6. The fourth-order valence-corrected chi connectivity index (χ4v) is 2.13. The number of methoxy groups -OCH3 is 1. The second kappa shape index (κ2) is 3.26. The van der Waals surface area contributed by atoms with E-state index in [9.17, 15) is 4.79 Å². The normalized spacial score (nSPS) is 21.7. The average Bonchev–Trinajstić information content (AvgIpc) is 2.51. The Morgan fingerprint density at radius 3 is 2.67 bits per heavy atom. The number of hydrogen-bond acceptors (Lipinski definition) is 3. The molecule has 1 aliphatic rings. The van der Waals surface area contributed by atoms with Crippen LogP contribution in [0, 0.1) is 0 Å². The number of nitrogens with one attached hydrogen (secondary N) is 1. The van der Waals surface area contributed by atoms with Gasteiger partial charge in [0.05, 0.1) is 7.11 Å².